The molecule has 1 aromatic carbocycles. The molecule has 0 aromatic heterocycles. The molecular weight excluding hydrogens is 196 g/mol. The van der Waals surface area contributed by atoms with Gasteiger partial charge in [-0.05, 0) is 5.56 Å². The quantitative estimate of drug-likeness (QED) is 0.211. The van der Waals surface area contributed by atoms with Crippen LogP contribution in [0.1, 0.15) is 5.56 Å². The van der Waals surface area contributed by atoms with E-state index in [-0.39, 0.29) is 0 Å². The number of benzene rings is 1. The summed E-state index contributed by atoms with van der Waals surface area (Å²) in [7, 11) is 0. The molecule has 0 aliphatic carbocycles. The lowest BCUT2D eigenvalue weighted by atomic mass is 10.2. The van der Waals surface area contributed by atoms with Crippen LogP contribution in [0, 0.1) is 5.53 Å². The molecule has 7 heteroatoms. The molecule has 0 amide bonds. The molecule has 15 heavy (non-hydrogen) atoms. The Labute approximate surface area is 86.9 Å². The third kappa shape index (κ3) is 4.05. The molecule has 0 spiro atoms. The first kappa shape index (κ1) is 10.9. The highest BCUT2D eigenvalue weighted by molar-refractivity contribution is 5.51. The van der Waals surface area contributed by atoms with Crippen molar-refractivity contribution in [3.05, 3.63) is 35.9 Å². The van der Waals surface area contributed by atoms with Gasteiger partial charge in [-0.15, -0.1) is 0 Å². The van der Waals surface area contributed by atoms with Crippen molar-refractivity contribution in [2.75, 3.05) is 0 Å². The van der Waals surface area contributed by atoms with Gasteiger partial charge in [0.15, 0.2) is 6.34 Å². The van der Waals surface area contributed by atoms with Crippen LogP contribution in [0.2, 0.25) is 0 Å². The molecule has 0 fully saturated rings. The van der Waals surface area contributed by atoms with Gasteiger partial charge in [-0.25, -0.2) is 4.94 Å². The molecule has 0 bridgehead atoms. The lowest BCUT2D eigenvalue weighted by Gasteiger charge is -2.14. The Bertz CT molecular complexity index is 314. The minimum Gasteiger partial charge on any atom is -0.322 e. The summed E-state index contributed by atoms with van der Waals surface area (Å²) in [6, 6.07) is 9.67. The van der Waals surface area contributed by atoms with Gasteiger partial charge >= 0.3 is 0 Å². The summed E-state index contributed by atoms with van der Waals surface area (Å²) in [5.41, 5.74) is 10.4. The van der Waals surface area contributed by atoms with Gasteiger partial charge in [-0.1, -0.05) is 35.5 Å². The van der Waals surface area contributed by atoms with Crippen LogP contribution in [0.5, 0.6) is 0 Å². The molecule has 80 valence electrons. The molecule has 4 N–H and O–H groups in total. The Kier molecular flexibility index (Phi) is 4.61. The molecule has 1 aromatic rings. The maximum Gasteiger partial charge on any atom is 0.168 e. The molecule has 0 aliphatic rings. The van der Waals surface area contributed by atoms with Gasteiger partial charge in [0, 0.05) is 11.8 Å². The van der Waals surface area contributed by atoms with E-state index < -0.39 is 0 Å². The number of rotatable bonds is 6. The fraction of sp³-hybridized carbons (Fsp3) is 0.125. The second kappa shape index (κ2) is 6.33. The van der Waals surface area contributed by atoms with E-state index in [2.05, 4.69) is 20.7 Å². The van der Waals surface area contributed by atoms with Crippen LogP contribution in [0.3, 0.4) is 0 Å². The van der Waals surface area contributed by atoms with Crippen LogP contribution < -0.4 is 11.3 Å². The normalized spacial score (nSPS) is 10.1. The summed E-state index contributed by atoms with van der Waals surface area (Å²) in [5, 5.41) is 7.01. The van der Waals surface area contributed by atoms with Gasteiger partial charge in [-0.3, -0.25) is 0 Å². The van der Waals surface area contributed by atoms with E-state index in [9.17, 15) is 0 Å². The van der Waals surface area contributed by atoms with Crippen molar-refractivity contribution in [3.8, 4) is 0 Å². The van der Waals surface area contributed by atoms with E-state index in [0.717, 1.165) is 10.7 Å². The SMILES string of the molecule is N=NON(C=NN)NCc1ccccc1. The Morgan fingerprint density at radius 3 is 2.80 bits per heavy atom. The molecule has 1 rings (SSSR count). The monoisotopic (exact) mass is 208 g/mol. The zero-order valence-corrected chi connectivity index (χ0v) is 8.00. The maximum absolute atomic E-state index is 6.51. The van der Waals surface area contributed by atoms with Crippen molar-refractivity contribution in [1.29, 1.82) is 5.53 Å². The van der Waals surface area contributed by atoms with E-state index >= 15 is 0 Å². The summed E-state index contributed by atoms with van der Waals surface area (Å²) < 4.78 is 0. The summed E-state index contributed by atoms with van der Waals surface area (Å²) in [4.78, 5) is 4.49. The Hall–Kier alpha value is -2.15. The van der Waals surface area contributed by atoms with Gasteiger partial charge < -0.3 is 5.84 Å². The zero-order chi connectivity index (χ0) is 10.9. The highest BCUT2D eigenvalue weighted by Gasteiger charge is 1.99. The van der Waals surface area contributed by atoms with Crippen molar-refractivity contribution < 1.29 is 4.94 Å². The second-order valence-electron chi connectivity index (χ2n) is 2.58. The third-order valence-electron chi connectivity index (χ3n) is 1.58. The van der Waals surface area contributed by atoms with Crippen LogP contribution in [-0.4, -0.2) is 11.5 Å². The first-order chi connectivity index (χ1) is 7.36. The van der Waals surface area contributed by atoms with Crippen LogP contribution in [0.15, 0.2) is 40.7 Å². The fourth-order valence-corrected chi connectivity index (χ4v) is 0.960. The molecule has 0 heterocycles. The summed E-state index contributed by atoms with van der Waals surface area (Å²) in [5.74, 6) is 4.93. The number of hydroxylamine groups is 1. The fourth-order valence-electron chi connectivity index (χ4n) is 0.960. The molecule has 0 aliphatic heterocycles. The lowest BCUT2D eigenvalue weighted by Crippen LogP contribution is -2.35. The molecule has 0 radical (unpaired) electrons. The van der Waals surface area contributed by atoms with Crippen molar-refractivity contribution in [3.63, 3.8) is 0 Å². The van der Waals surface area contributed by atoms with E-state index in [0.29, 0.717) is 6.54 Å². The second-order valence-corrected chi connectivity index (χ2v) is 2.58. The average Bonchev–Trinajstić information content (AvgIpc) is 2.28. The first-order valence-corrected chi connectivity index (χ1v) is 4.20. The van der Waals surface area contributed by atoms with Crippen molar-refractivity contribution >= 4 is 6.34 Å². The molecule has 0 saturated heterocycles. The topological polar surface area (TPSA) is 99.1 Å². The highest BCUT2D eigenvalue weighted by atomic mass is 16.8. The Balaban J connectivity index is 2.43. The largest absolute Gasteiger partial charge is 0.322 e. The van der Waals surface area contributed by atoms with Crippen molar-refractivity contribution in [2.45, 2.75) is 6.54 Å². The molecule has 0 saturated carbocycles. The number of hydrazone groups is 1. The minimum absolute atomic E-state index is 0.516. The Morgan fingerprint density at radius 1 is 1.47 bits per heavy atom. The predicted octanol–water partition coefficient (Wildman–Crippen LogP) is 0.773. The van der Waals surface area contributed by atoms with Crippen molar-refractivity contribution in [2.24, 2.45) is 16.2 Å². The third-order valence-corrected chi connectivity index (χ3v) is 1.58. The van der Waals surface area contributed by atoms with E-state index in [4.69, 9.17) is 11.4 Å². The van der Waals surface area contributed by atoms with Gasteiger partial charge in [0.1, 0.15) is 0 Å². The van der Waals surface area contributed by atoms with E-state index in [1.165, 1.54) is 6.34 Å². The molecule has 0 atom stereocenters. The van der Waals surface area contributed by atoms with Crippen molar-refractivity contribution in [1.82, 2.24) is 10.6 Å². The van der Waals surface area contributed by atoms with Crippen LogP contribution >= 0.6 is 0 Å². The minimum atomic E-state index is 0.516. The first-order valence-electron chi connectivity index (χ1n) is 4.20. The number of nitrogens with zero attached hydrogens (tertiary/aromatic N) is 3. The van der Waals surface area contributed by atoms with E-state index in [1.54, 1.807) is 0 Å². The number of nitrogens with two attached hydrogens (primary N) is 1. The lowest BCUT2D eigenvalue weighted by molar-refractivity contribution is -0.145. The van der Waals surface area contributed by atoms with Gasteiger partial charge in [0.2, 0.25) is 0 Å². The maximum atomic E-state index is 6.51. The molecular formula is C8H12N6O. The van der Waals surface area contributed by atoms with Crippen LogP contribution in [-0.2, 0) is 11.5 Å². The Morgan fingerprint density at radius 2 is 2.20 bits per heavy atom. The smallest absolute Gasteiger partial charge is 0.168 e. The number of hydrazine groups is 1. The summed E-state index contributed by atoms with van der Waals surface area (Å²) in [6.07, 6.45) is 1.17. The number of hydrogen-bond donors (Lipinski definition) is 3. The summed E-state index contributed by atoms with van der Waals surface area (Å²) in [6.45, 7) is 0.516. The number of hydrogen-bond acceptors (Lipinski definition) is 6. The standard InChI is InChI=1S/C8H12N6O/c9-11-7-14(15-13-10)12-6-8-4-2-1-3-5-8/h1-5,7,10,12H,6,9H2. The van der Waals surface area contributed by atoms with Crippen LogP contribution in [0.4, 0.5) is 0 Å². The van der Waals surface area contributed by atoms with Gasteiger partial charge in [0.05, 0.1) is 0 Å². The van der Waals surface area contributed by atoms with Gasteiger partial charge in [0.25, 0.3) is 0 Å². The average molecular weight is 208 g/mol. The van der Waals surface area contributed by atoms with Gasteiger partial charge in [-0.2, -0.15) is 16.1 Å². The van der Waals surface area contributed by atoms with E-state index in [1.807, 2.05) is 30.3 Å². The van der Waals surface area contributed by atoms with Crippen LogP contribution in [0.25, 0.3) is 0 Å². The highest BCUT2D eigenvalue weighted by Crippen LogP contribution is 1.97. The zero-order valence-electron chi connectivity index (χ0n) is 8.00. The summed E-state index contributed by atoms with van der Waals surface area (Å²) >= 11 is 0. The molecule has 7 nitrogen and oxygen atoms in total. The predicted molar refractivity (Wildman–Crippen MR) is 54.0 cm³/mol. The molecule has 0 unspecified atom stereocenters. The number of nitrogens with one attached hydrogen (secondary N) is 2.